The normalized spacial score (nSPS) is 27.8. The molecule has 4 heteroatoms. The highest BCUT2D eigenvalue weighted by Crippen LogP contribution is 2.25. The molecule has 0 aromatic heterocycles. The Hall–Kier alpha value is -1.32. The van der Waals surface area contributed by atoms with E-state index in [0.717, 1.165) is 0 Å². The van der Waals surface area contributed by atoms with Gasteiger partial charge in [0.25, 0.3) is 0 Å². The van der Waals surface area contributed by atoms with Crippen LogP contribution >= 0.6 is 0 Å². The number of carbonyl (C=O) groups is 2. The fourth-order valence-corrected chi connectivity index (χ4v) is 1.62. The number of rotatable bonds is 3. The minimum Gasteiger partial charge on any atom is -0.481 e. The molecule has 1 aliphatic rings. The average molecular weight is 183 g/mol. The highest BCUT2D eigenvalue weighted by molar-refractivity contribution is 5.86. The van der Waals surface area contributed by atoms with Crippen LogP contribution in [0.3, 0.4) is 0 Å². The van der Waals surface area contributed by atoms with E-state index in [-0.39, 0.29) is 18.4 Å². The molecule has 1 fully saturated rings. The van der Waals surface area contributed by atoms with Crippen molar-refractivity contribution in [3.8, 4) is 0 Å². The molecular weight excluding hydrogens is 170 g/mol. The Bertz CT molecular complexity index is 249. The van der Waals surface area contributed by atoms with Crippen LogP contribution in [-0.2, 0) is 9.59 Å². The van der Waals surface area contributed by atoms with Gasteiger partial charge < -0.3 is 10.0 Å². The summed E-state index contributed by atoms with van der Waals surface area (Å²) in [5.41, 5.74) is 0. The number of carboxylic acid groups (broad SMARTS) is 1. The first-order chi connectivity index (χ1) is 6.07. The molecule has 1 saturated heterocycles. The van der Waals surface area contributed by atoms with Gasteiger partial charge in [-0.3, -0.25) is 9.59 Å². The molecule has 1 amide bonds. The summed E-state index contributed by atoms with van der Waals surface area (Å²) < 4.78 is 0. The van der Waals surface area contributed by atoms with Crippen molar-refractivity contribution in [2.24, 2.45) is 5.92 Å². The second-order valence-corrected chi connectivity index (χ2v) is 3.22. The highest BCUT2D eigenvalue weighted by Gasteiger charge is 2.40. The molecule has 1 aliphatic heterocycles. The number of likely N-dealkylation sites (tertiary alicyclic amines) is 1. The monoisotopic (exact) mass is 183 g/mol. The first kappa shape index (κ1) is 9.77. The van der Waals surface area contributed by atoms with E-state index in [1.165, 1.54) is 0 Å². The van der Waals surface area contributed by atoms with E-state index in [1.54, 1.807) is 17.9 Å². The quantitative estimate of drug-likeness (QED) is 0.648. The number of amides is 1. The number of aliphatic carboxylic acids is 1. The summed E-state index contributed by atoms with van der Waals surface area (Å²) in [4.78, 5) is 23.6. The van der Waals surface area contributed by atoms with Crippen molar-refractivity contribution >= 4 is 11.9 Å². The van der Waals surface area contributed by atoms with Gasteiger partial charge in [-0.15, -0.1) is 6.58 Å². The van der Waals surface area contributed by atoms with Gasteiger partial charge in [-0.2, -0.15) is 0 Å². The topological polar surface area (TPSA) is 57.6 Å². The van der Waals surface area contributed by atoms with Gasteiger partial charge in [0.05, 0.1) is 5.92 Å². The average Bonchev–Trinajstić information content (AvgIpc) is 2.32. The standard InChI is InChI=1S/C9H13NO3/c1-3-4-10-6(2)7(9(12)13)5-8(10)11/h3,6-7H,1,4-5H2,2H3,(H,12,13). The van der Waals surface area contributed by atoms with Crippen LogP contribution in [0.5, 0.6) is 0 Å². The molecule has 13 heavy (non-hydrogen) atoms. The second-order valence-electron chi connectivity index (χ2n) is 3.22. The van der Waals surface area contributed by atoms with Gasteiger partial charge in [-0.05, 0) is 6.92 Å². The Morgan fingerprint density at radius 3 is 2.85 bits per heavy atom. The maximum atomic E-state index is 11.3. The number of hydrogen-bond donors (Lipinski definition) is 1. The van der Waals surface area contributed by atoms with Gasteiger partial charge in [-0.25, -0.2) is 0 Å². The van der Waals surface area contributed by atoms with Crippen LogP contribution in [0, 0.1) is 5.92 Å². The second kappa shape index (κ2) is 3.60. The molecule has 2 atom stereocenters. The zero-order chi connectivity index (χ0) is 10.0. The van der Waals surface area contributed by atoms with Crippen molar-refractivity contribution in [3.05, 3.63) is 12.7 Å². The Kier molecular flexibility index (Phi) is 2.70. The van der Waals surface area contributed by atoms with Crippen LogP contribution in [0.15, 0.2) is 12.7 Å². The predicted molar refractivity (Wildman–Crippen MR) is 47.1 cm³/mol. The Morgan fingerprint density at radius 2 is 2.46 bits per heavy atom. The van der Waals surface area contributed by atoms with E-state index < -0.39 is 11.9 Å². The third-order valence-electron chi connectivity index (χ3n) is 2.43. The zero-order valence-corrected chi connectivity index (χ0v) is 7.56. The molecule has 0 aromatic rings. The molecule has 0 saturated carbocycles. The van der Waals surface area contributed by atoms with Crippen molar-refractivity contribution < 1.29 is 14.7 Å². The molecule has 2 unspecified atom stereocenters. The van der Waals surface area contributed by atoms with E-state index in [0.29, 0.717) is 6.54 Å². The Morgan fingerprint density at radius 1 is 1.85 bits per heavy atom. The van der Waals surface area contributed by atoms with Crippen molar-refractivity contribution in [3.63, 3.8) is 0 Å². The van der Waals surface area contributed by atoms with Gasteiger partial charge in [0, 0.05) is 19.0 Å². The van der Waals surface area contributed by atoms with Crippen molar-refractivity contribution in [2.75, 3.05) is 6.54 Å². The van der Waals surface area contributed by atoms with E-state index >= 15 is 0 Å². The molecule has 1 heterocycles. The molecule has 4 nitrogen and oxygen atoms in total. The first-order valence-corrected chi connectivity index (χ1v) is 4.21. The lowest BCUT2D eigenvalue weighted by atomic mass is 10.0. The van der Waals surface area contributed by atoms with Crippen molar-refractivity contribution in [2.45, 2.75) is 19.4 Å². The first-order valence-electron chi connectivity index (χ1n) is 4.21. The largest absolute Gasteiger partial charge is 0.481 e. The minimum absolute atomic E-state index is 0.0974. The van der Waals surface area contributed by atoms with Gasteiger partial charge in [0.15, 0.2) is 0 Å². The lowest BCUT2D eigenvalue weighted by Crippen LogP contribution is -2.34. The molecule has 0 aromatic carbocycles. The summed E-state index contributed by atoms with van der Waals surface area (Å²) >= 11 is 0. The molecule has 0 spiro atoms. The van der Waals surface area contributed by atoms with Crippen molar-refractivity contribution in [1.29, 1.82) is 0 Å². The molecule has 1 rings (SSSR count). The van der Waals surface area contributed by atoms with Crippen LogP contribution in [0.25, 0.3) is 0 Å². The maximum Gasteiger partial charge on any atom is 0.309 e. The van der Waals surface area contributed by atoms with E-state index in [4.69, 9.17) is 5.11 Å². The number of carbonyl (C=O) groups excluding carboxylic acids is 1. The lowest BCUT2D eigenvalue weighted by Gasteiger charge is -2.21. The number of carboxylic acids is 1. The molecule has 72 valence electrons. The predicted octanol–water partition coefficient (Wildman–Crippen LogP) is 0.494. The summed E-state index contributed by atoms with van der Waals surface area (Å²) in [6, 6.07) is -0.219. The zero-order valence-electron chi connectivity index (χ0n) is 7.56. The summed E-state index contributed by atoms with van der Waals surface area (Å²) in [5, 5.41) is 8.78. The van der Waals surface area contributed by atoms with Crippen LogP contribution in [-0.4, -0.2) is 34.5 Å². The number of nitrogens with zero attached hydrogens (tertiary/aromatic N) is 1. The van der Waals surface area contributed by atoms with Gasteiger partial charge in [0.1, 0.15) is 0 Å². The lowest BCUT2D eigenvalue weighted by molar-refractivity contribution is -0.142. The minimum atomic E-state index is -0.896. The third-order valence-corrected chi connectivity index (χ3v) is 2.43. The summed E-state index contributed by atoms with van der Waals surface area (Å²) in [5.74, 6) is -1.56. The summed E-state index contributed by atoms with van der Waals surface area (Å²) in [6.45, 7) is 5.71. The van der Waals surface area contributed by atoms with E-state index in [9.17, 15) is 9.59 Å². The molecule has 0 bridgehead atoms. The Balaban J connectivity index is 2.74. The summed E-state index contributed by atoms with van der Waals surface area (Å²) in [6.07, 6.45) is 1.73. The third kappa shape index (κ3) is 1.71. The van der Waals surface area contributed by atoms with Crippen LogP contribution in [0.4, 0.5) is 0 Å². The van der Waals surface area contributed by atoms with E-state index in [2.05, 4.69) is 6.58 Å². The maximum absolute atomic E-state index is 11.3. The van der Waals surface area contributed by atoms with E-state index in [1.807, 2.05) is 0 Å². The fraction of sp³-hybridized carbons (Fsp3) is 0.556. The molecule has 0 radical (unpaired) electrons. The van der Waals surface area contributed by atoms with Crippen molar-refractivity contribution in [1.82, 2.24) is 4.90 Å². The highest BCUT2D eigenvalue weighted by atomic mass is 16.4. The van der Waals surface area contributed by atoms with Gasteiger partial charge >= 0.3 is 5.97 Å². The number of hydrogen-bond acceptors (Lipinski definition) is 2. The Labute approximate surface area is 76.8 Å². The van der Waals surface area contributed by atoms with Gasteiger partial charge in [-0.1, -0.05) is 6.08 Å². The van der Waals surface area contributed by atoms with Gasteiger partial charge in [0.2, 0.25) is 5.91 Å². The molecular formula is C9H13NO3. The SMILES string of the molecule is C=CCN1C(=O)CC(C(=O)O)C1C. The van der Waals surface area contributed by atoms with Crippen LogP contribution < -0.4 is 0 Å². The van der Waals surface area contributed by atoms with Crippen LogP contribution in [0.2, 0.25) is 0 Å². The smallest absolute Gasteiger partial charge is 0.309 e. The van der Waals surface area contributed by atoms with Crippen LogP contribution in [0.1, 0.15) is 13.3 Å². The molecule has 1 N–H and O–H groups in total. The summed E-state index contributed by atoms with van der Waals surface area (Å²) in [7, 11) is 0. The fourth-order valence-electron chi connectivity index (χ4n) is 1.62. The molecule has 0 aliphatic carbocycles.